The highest BCUT2D eigenvalue weighted by Crippen LogP contribution is 2.29. The Morgan fingerprint density at radius 2 is 2.00 bits per heavy atom. The Bertz CT molecular complexity index is 1060. The minimum Gasteiger partial charge on any atom is -0.495 e. The number of carbonyl (C=O) groups is 2. The number of carbonyl (C=O) groups excluding carboxylic acids is 2. The second-order valence-electron chi connectivity index (χ2n) is 6.06. The molecule has 28 heavy (non-hydrogen) atoms. The summed E-state index contributed by atoms with van der Waals surface area (Å²) >= 11 is 6.02. The van der Waals surface area contributed by atoms with Crippen LogP contribution in [-0.2, 0) is 9.53 Å². The van der Waals surface area contributed by atoms with Crippen molar-refractivity contribution in [3.63, 3.8) is 0 Å². The summed E-state index contributed by atoms with van der Waals surface area (Å²) in [6.07, 6.45) is -1.12. The van der Waals surface area contributed by atoms with Gasteiger partial charge in [0.05, 0.1) is 12.1 Å². The average Bonchev–Trinajstić information content (AvgIpc) is 3.00. The van der Waals surface area contributed by atoms with E-state index in [4.69, 9.17) is 25.5 Å². The Balaban J connectivity index is 1.72. The number of methoxy groups -OCH3 is 1. The Morgan fingerprint density at radius 3 is 2.64 bits per heavy atom. The van der Waals surface area contributed by atoms with Crippen LogP contribution in [0.4, 0.5) is 10.1 Å². The molecular formula is C20H17ClFNO5. The van der Waals surface area contributed by atoms with E-state index in [9.17, 15) is 14.0 Å². The number of fused-ring (bicyclic) bond motifs is 1. The fraction of sp³-hybridized carbons (Fsp3) is 0.200. The fourth-order valence-electron chi connectivity index (χ4n) is 2.66. The number of ether oxygens (including phenoxy) is 2. The molecule has 6 nitrogen and oxygen atoms in total. The number of rotatable bonds is 5. The second-order valence-corrected chi connectivity index (χ2v) is 6.47. The number of halogens is 2. The maximum absolute atomic E-state index is 13.8. The lowest BCUT2D eigenvalue weighted by molar-refractivity contribution is -0.123. The first-order chi connectivity index (χ1) is 13.3. The van der Waals surface area contributed by atoms with Gasteiger partial charge in [0, 0.05) is 16.6 Å². The number of para-hydroxylation sites is 1. The third kappa shape index (κ3) is 3.80. The third-order valence-electron chi connectivity index (χ3n) is 4.17. The van der Waals surface area contributed by atoms with Gasteiger partial charge in [-0.3, -0.25) is 4.79 Å². The lowest BCUT2D eigenvalue weighted by Gasteiger charge is -2.13. The van der Waals surface area contributed by atoms with E-state index in [1.807, 2.05) is 0 Å². The molecule has 0 aliphatic rings. The molecule has 1 amide bonds. The van der Waals surface area contributed by atoms with Crippen LogP contribution in [0.5, 0.6) is 5.75 Å². The van der Waals surface area contributed by atoms with Crippen molar-refractivity contribution in [2.24, 2.45) is 0 Å². The molecule has 2 aromatic carbocycles. The van der Waals surface area contributed by atoms with Crippen molar-refractivity contribution < 1.29 is 27.9 Å². The van der Waals surface area contributed by atoms with E-state index in [0.717, 1.165) is 0 Å². The van der Waals surface area contributed by atoms with Gasteiger partial charge in [0.25, 0.3) is 5.91 Å². The zero-order valence-electron chi connectivity index (χ0n) is 15.3. The Morgan fingerprint density at radius 1 is 1.25 bits per heavy atom. The summed E-state index contributed by atoms with van der Waals surface area (Å²) in [5, 5.41) is 3.39. The highest BCUT2D eigenvalue weighted by molar-refractivity contribution is 6.32. The number of anilines is 1. The maximum Gasteiger partial charge on any atom is 0.375 e. The number of hydrogen-bond donors (Lipinski definition) is 1. The monoisotopic (exact) mass is 405 g/mol. The summed E-state index contributed by atoms with van der Waals surface area (Å²) in [5.41, 5.74) is 0.826. The van der Waals surface area contributed by atoms with E-state index in [2.05, 4.69) is 5.32 Å². The second kappa shape index (κ2) is 7.90. The highest BCUT2D eigenvalue weighted by atomic mass is 35.5. The molecule has 0 aliphatic carbocycles. The highest BCUT2D eigenvalue weighted by Gasteiger charge is 2.25. The number of furan rings is 1. The number of benzene rings is 2. The van der Waals surface area contributed by atoms with Gasteiger partial charge in [-0.05, 0) is 38.1 Å². The van der Waals surface area contributed by atoms with Gasteiger partial charge in [0.15, 0.2) is 17.5 Å². The molecule has 0 unspecified atom stereocenters. The minimum absolute atomic E-state index is 0.0306. The summed E-state index contributed by atoms with van der Waals surface area (Å²) in [6, 6.07) is 9.10. The summed E-state index contributed by atoms with van der Waals surface area (Å²) in [6.45, 7) is 3.03. The smallest absolute Gasteiger partial charge is 0.375 e. The Kier molecular flexibility index (Phi) is 5.56. The van der Waals surface area contributed by atoms with Crippen molar-refractivity contribution in [3.05, 3.63) is 58.6 Å². The first-order valence-corrected chi connectivity index (χ1v) is 8.72. The summed E-state index contributed by atoms with van der Waals surface area (Å²) in [7, 11) is 1.48. The average molecular weight is 406 g/mol. The van der Waals surface area contributed by atoms with E-state index in [1.54, 1.807) is 25.1 Å². The largest absolute Gasteiger partial charge is 0.495 e. The van der Waals surface area contributed by atoms with Crippen LogP contribution in [0.15, 0.2) is 40.8 Å². The maximum atomic E-state index is 13.8. The summed E-state index contributed by atoms with van der Waals surface area (Å²) in [4.78, 5) is 24.7. The molecule has 8 heteroatoms. The standard InChI is InChI=1S/C20H17ClFNO5/c1-10-13-5-4-6-15(22)18(13)28-17(10)20(25)27-11(2)19(24)23-12-7-8-16(26-3)14(21)9-12/h4-9,11H,1-3H3,(H,23,24)/t11-/m1/s1. The molecule has 0 aliphatic heterocycles. The molecule has 1 atom stereocenters. The van der Waals surface area contributed by atoms with Gasteiger partial charge in [-0.15, -0.1) is 0 Å². The first-order valence-electron chi connectivity index (χ1n) is 8.34. The van der Waals surface area contributed by atoms with Gasteiger partial charge in [-0.25, -0.2) is 9.18 Å². The van der Waals surface area contributed by atoms with Crippen molar-refractivity contribution in [2.45, 2.75) is 20.0 Å². The van der Waals surface area contributed by atoms with Crippen molar-refractivity contribution in [1.29, 1.82) is 0 Å². The van der Waals surface area contributed by atoms with E-state index in [-0.39, 0.29) is 11.3 Å². The third-order valence-corrected chi connectivity index (χ3v) is 4.47. The van der Waals surface area contributed by atoms with Crippen molar-refractivity contribution >= 4 is 40.1 Å². The number of esters is 1. The number of aryl methyl sites for hydroxylation is 1. The predicted molar refractivity (Wildman–Crippen MR) is 102 cm³/mol. The molecule has 3 rings (SSSR count). The molecular weight excluding hydrogens is 389 g/mol. The molecule has 0 bridgehead atoms. The molecule has 0 radical (unpaired) electrons. The molecule has 1 aromatic heterocycles. The summed E-state index contributed by atoms with van der Waals surface area (Å²) in [5.74, 6) is -1.68. The lowest BCUT2D eigenvalue weighted by Crippen LogP contribution is -2.30. The van der Waals surface area contributed by atoms with E-state index in [1.165, 1.54) is 32.2 Å². The van der Waals surface area contributed by atoms with Crippen LogP contribution in [0.3, 0.4) is 0 Å². The van der Waals surface area contributed by atoms with Crippen molar-refractivity contribution in [1.82, 2.24) is 0 Å². The van der Waals surface area contributed by atoms with Gasteiger partial charge in [-0.2, -0.15) is 0 Å². The van der Waals surface area contributed by atoms with Gasteiger partial charge < -0.3 is 19.2 Å². The van der Waals surface area contributed by atoms with E-state index in [0.29, 0.717) is 27.4 Å². The van der Waals surface area contributed by atoms with Crippen LogP contribution in [0.2, 0.25) is 5.02 Å². The number of hydrogen-bond acceptors (Lipinski definition) is 5. The van der Waals surface area contributed by atoms with Gasteiger partial charge in [0.2, 0.25) is 5.76 Å². The molecule has 0 saturated heterocycles. The molecule has 0 spiro atoms. The fourth-order valence-corrected chi connectivity index (χ4v) is 2.92. The Labute approximate surface area is 165 Å². The van der Waals surface area contributed by atoms with Crippen LogP contribution >= 0.6 is 11.6 Å². The van der Waals surface area contributed by atoms with Crippen LogP contribution < -0.4 is 10.1 Å². The van der Waals surface area contributed by atoms with Crippen LogP contribution in [0.1, 0.15) is 23.0 Å². The zero-order valence-corrected chi connectivity index (χ0v) is 16.1. The number of amides is 1. The van der Waals surface area contributed by atoms with E-state index < -0.39 is 23.8 Å². The molecule has 0 fully saturated rings. The van der Waals surface area contributed by atoms with Gasteiger partial charge in [0.1, 0.15) is 5.75 Å². The minimum atomic E-state index is -1.12. The summed E-state index contributed by atoms with van der Waals surface area (Å²) < 4.78 is 29.4. The zero-order chi connectivity index (χ0) is 20.4. The van der Waals surface area contributed by atoms with Crippen molar-refractivity contribution in [3.8, 4) is 5.75 Å². The van der Waals surface area contributed by atoms with Gasteiger partial charge >= 0.3 is 5.97 Å². The molecule has 3 aromatic rings. The SMILES string of the molecule is COc1ccc(NC(=O)[C@@H](C)OC(=O)c2oc3c(F)cccc3c2C)cc1Cl. The van der Waals surface area contributed by atoms with Crippen LogP contribution in [-0.4, -0.2) is 25.1 Å². The topological polar surface area (TPSA) is 77.8 Å². The molecule has 146 valence electrons. The van der Waals surface area contributed by atoms with Gasteiger partial charge in [-0.1, -0.05) is 23.7 Å². The Hall–Kier alpha value is -3.06. The molecule has 1 N–H and O–H groups in total. The molecule has 1 heterocycles. The normalized spacial score (nSPS) is 11.9. The molecule has 0 saturated carbocycles. The first kappa shape index (κ1) is 19.7. The van der Waals surface area contributed by atoms with Crippen LogP contribution in [0, 0.1) is 12.7 Å². The number of nitrogens with one attached hydrogen (secondary N) is 1. The quantitative estimate of drug-likeness (QED) is 0.621. The van der Waals surface area contributed by atoms with Crippen LogP contribution in [0.25, 0.3) is 11.0 Å². The van der Waals surface area contributed by atoms with Crippen molar-refractivity contribution in [2.75, 3.05) is 12.4 Å². The van der Waals surface area contributed by atoms with E-state index >= 15 is 0 Å². The predicted octanol–water partition coefficient (Wildman–Crippen LogP) is 4.73. The lowest BCUT2D eigenvalue weighted by atomic mass is 10.1.